The van der Waals surface area contributed by atoms with Crippen LogP contribution < -0.4 is 0 Å². The molecule has 194 valence electrons. The van der Waals surface area contributed by atoms with Crippen molar-refractivity contribution in [2.45, 2.75) is 108 Å². The van der Waals surface area contributed by atoms with Crippen LogP contribution in [0.1, 0.15) is 111 Å². The first-order valence-electron chi connectivity index (χ1n) is 14.3. The van der Waals surface area contributed by atoms with Crippen molar-refractivity contribution in [3.63, 3.8) is 0 Å². The Morgan fingerprint density at radius 2 is 1.66 bits per heavy atom. The van der Waals surface area contributed by atoms with Gasteiger partial charge in [0.15, 0.2) is 0 Å². The third-order valence-electron chi connectivity index (χ3n) is 8.62. The van der Waals surface area contributed by atoms with Crippen LogP contribution >= 0.6 is 0 Å². The normalized spacial score (nSPS) is 31.5. The monoisotopic (exact) mass is 474 g/mol. The second-order valence-corrected chi connectivity index (χ2v) is 12.4. The van der Waals surface area contributed by atoms with Gasteiger partial charge < -0.3 is 0 Å². The lowest BCUT2D eigenvalue weighted by molar-refractivity contribution is 0.141. The topological polar surface area (TPSA) is 0 Å². The molecule has 1 aliphatic rings. The van der Waals surface area contributed by atoms with Gasteiger partial charge in [-0.25, -0.2) is 0 Å². The number of hydrogen-bond acceptors (Lipinski definition) is 0. The molecule has 0 radical (unpaired) electrons. The van der Waals surface area contributed by atoms with Gasteiger partial charge in [-0.05, 0) is 102 Å². The standard InChI is InChI=1S/C35H54/c1-12-15-21-35(11)28(7)19-20-32(33-26(5)17-16-18-27(33)6)29(13-2)24-31(34(8,9)10)23-25(4)22-30(35)14-3/h15-18,20-21,23-25,28,30H,12-14,19,22H2,1-11H3/b21-15?,29-24+,31-23+,32-20+. The van der Waals surface area contributed by atoms with E-state index in [4.69, 9.17) is 0 Å². The van der Waals surface area contributed by atoms with Gasteiger partial charge in [-0.2, -0.15) is 0 Å². The average Bonchev–Trinajstić information content (AvgIpc) is 2.79. The molecule has 0 saturated heterocycles. The van der Waals surface area contributed by atoms with Gasteiger partial charge in [0, 0.05) is 0 Å². The average molecular weight is 475 g/mol. The largest absolute Gasteiger partial charge is 0.0882 e. The van der Waals surface area contributed by atoms with Crippen molar-refractivity contribution in [2.75, 3.05) is 0 Å². The molecule has 0 aromatic heterocycles. The summed E-state index contributed by atoms with van der Waals surface area (Å²) >= 11 is 0. The summed E-state index contributed by atoms with van der Waals surface area (Å²) in [6.07, 6.45) is 18.4. The van der Waals surface area contributed by atoms with E-state index >= 15 is 0 Å². The summed E-state index contributed by atoms with van der Waals surface area (Å²) in [5.74, 6) is 1.79. The van der Waals surface area contributed by atoms with E-state index in [1.54, 1.807) is 0 Å². The maximum Gasteiger partial charge on any atom is -0.00896 e. The van der Waals surface area contributed by atoms with E-state index in [2.05, 4.69) is 125 Å². The fourth-order valence-electron chi connectivity index (χ4n) is 6.01. The van der Waals surface area contributed by atoms with Crippen molar-refractivity contribution in [1.29, 1.82) is 0 Å². The molecule has 0 nitrogen and oxygen atoms in total. The highest BCUT2D eigenvalue weighted by molar-refractivity contribution is 5.83. The molecule has 4 unspecified atom stereocenters. The first-order valence-corrected chi connectivity index (χ1v) is 14.3. The van der Waals surface area contributed by atoms with Crippen LogP contribution in [-0.2, 0) is 0 Å². The number of allylic oxidation sites excluding steroid dienone is 8. The first kappa shape index (κ1) is 29.4. The van der Waals surface area contributed by atoms with Gasteiger partial charge in [0.1, 0.15) is 0 Å². The fraction of sp³-hybridized carbons (Fsp3) is 0.600. The molecule has 2 rings (SSSR count). The summed E-state index contributed by atoms with van der Waals surface area (Å²) in [5.41, 5.74) is 8.90. The Labute approximate surface area is 218 Å². The van der Waals surface area contributed by atoms with Crippen LogP contribution in [0.4, 0.5) is 0 Å². The van der Waals surface area contributed by atoms with Gasteiger partial charge in [0.05, 0.1) is 0 Å². The number of aryl methyl sites for hydroxylation is 2. The summed E-state index contributed by atoms with van der Waals surface area (Å²) in [4.78, 5) is 0. The Morgan fingerprint density at radius 1 is 1.03 bits per heavy atom. The van der Waals surface area contributed by atoms with E-state index in [0.717, 1.165) is 19.3 Å². The first-order chi connectivity index (χ1) is 16.4. The van der Waals surface area contributed by atoms with Crippen molar-refractivity contribution in [1.82, 2.24) is 0 Å². The minimum absolute atomic E-state index is 0.116. The lowest BCUT2D eigenvalue weighted by atomic mass is 9.63. The van der Waals surface area contributed by atoms with Gasteiger partial charge >= 0.3 is 0 Å². The molecule has 0 bridgehead atoms. The van der Waals surface area contributed by atoms with Crippen molar-refractivity contribution < 1.29 is 0 Å². The molecule has 0 heterocycles. The Kier molecular flexibility index (Phi) is 10.4. The van der Waals surface area contributed by atoms with E-state index in [-0.39, 0.29) is 10.8 Å². The van der Waals surface area contributed by atoms with E-state index in [1.165, 1.54) is 46.3 Å². The highest BCUT2D eigenvalue weighted by Crippen LogP contribution is 2.46. The molecule has 0 N–H and O–H groups in total. The van der Waals surface area contributed by atoms with Crippen molar-refractivity contribution >= 4 is 5.57 Å². The SMILES string of the molecule is CCC=CC1(C)C(C)C\C=C(c2c(C)cccc2C)/C(CC)=C/C(C(C)(C)C)=C\C(C)CC1CC. The number of rotatable bonds is 5. The van der Waals surface area contributed by atoms with Crippen molar-refractivity contribution in [2.24, 2.45) is 28.6 Å². The minimum atomic E-state index is 0.116. The lowest BCUT2D eigenvalue weighted by Gasteiger charge is -2.41. The zero-order valence-corrected chi connectivity index (χ0v) is 24.9. The van der Waals surface area contributed by atoms with E-state index < -0.39 is 0 Å². The van der Waals surface area contributed by atoms with Gasteiger partial charge in [0.2, 0.25) is 0 Å². The highest BCUT2D eigenvalue weighted by atomic mass is 14.4. The molecule has 0 heteroatoms. The molecule has 1 aliphatic carbocycles. The van der Waals surface area contributed by atoms with Crippen molar-refractivity contribution in [3.05, 3.63) is 76.4 Å². The molecule has 0 spiro atoms. The Bertz CT molecular complexity index is 938. The Hall–Kier alpha value is -1.82. The quantitative estimate of drug-likeness (QED) is 0.372. The summed E-state index contributed by atoms with van der Waals surface area (Å²) in [7, 11) is 0. The van der Waals surface area contributed by atoms with Crippen LogP contribution in [0.3, 0.4) is 0 Å². The van der Waals surface area contributed by atoms with Crippen LogP contribution in [0.2, 0.25) is 0 Å². The molecular formula is C35H54. The van der Waals surface area contributed by atoms with E-state index in [1.807, 2.05) is 0 Å². The molecule has 35 heavy (non-hydrogen) atoms. The highest BCUT2D eigenvalue weighted by Gasteiger charge is 2.36. The van der Waals surface area contributed by atoms with Crippen LogP contribution in [0.25, 0.3) is 5.57 Å². The third kappa shape index (κ3) is 7.12. The summed E-state index contributed by atoms with van der Waals surface area (Å²) in [6.45, 7) is 26.1. The molecule has 0 fully saturated rings. The Balaban J connectivity index is 2.87. The predicted molar refractivity (Wildman–Crippen MR) is 159 cm³/mol. The van der Waals surface area contributed by atoms with Crippen LogP contribution in [-0.4, -0.2) is 0 Å². The second kappa shape index (κ2) is 12.4. The molecular weight excluding hydrogens is 420 g/mol. The van der Waals surface area contributed by atoms with Crippen LogP contribution in [0, 0.1) is 42.4 Å². The van der Waals surface area contributed by atoms with Gasteiger partial charge in [0.25, 0.3) is 0 Å². The second-order valence-electron chi connectivity index (χ2n) is 12.4. The summed E-state index contributed by atoms with van der Waals surface area (Å²) < 4.78 is 0. The molecule has 0 amide bonds. The van der Waals surface area contributed by atoms with E-state index in [0.29, 0.717) is 17.8 Å². The summed E-state index contributed by atoms with van der Waals surface area (Å²) in [6, 6.07) is 6.75. The van der Waals surface area contributed by atoms with Gasteiger partial charge in [-0.1, -0.05) is 117 Å². The molecule has 4 atom stereocenters. The van der Waals surface area contributed by atoms with Crippen LogP contribution in [0.5, 0.6) is 0 Å². The third-order valence-corrected chi connectivity index (χ3v) is 8.62. The number of hydrogen-bond donors (Lipinski definition) is 0. The molecule has 0 aliphatic heterocycles. The van der Waals surface area contributed by atoms with E-state index in [9.17, 15) is 0 Å². The zero-order chi connectivity index (χ0) is 26.4. The molecule has 1 aromatic rings. The Morgan fingerprint density at radius 3 is 2.17 bits per heavy atom. The summed E-state index contributed by atoms with van der Waals surface area (Å²) in [5, 5.41) is 0. The minimum Gasteiger partial charge on any atom is -0.0882 e. The zero-order valence-electron chi connectivity index (χ0n) is 24.9. The molecule has 0 saturated carbocycles. The van der Waals surface area contributed by atoms with Crippen LogP contribution in [0.15, 0.2) is 59.7 Å². The maximum absolute atomic E-state index is 2.59. The van der Waals surface area contributed by atoms with Gasteiger partial charge in [-0.15, -0.1) is 0 Å². The smallest absolute Gasteiger partial charge is 0.00896 e. The van der Waals surface area contributed by atoms with Gasteiger partial charge in [-0.3, -0.25) is 0 Å². The fourth-order valence-corrected chi connectivity index (χ4v) is 6.01. The number of benzene rings is 1. The maximum atomic E-state index is 2.59. The predicted octanol–water partition coefficient (Wildman–Crippen LogP) is 11.1. The van der Waals surface area contributed by atoms with Crippen molar-refractivity contribution in [3.8, 4) is 0 Å². The molecule has 1 aromatic carbocycles. The lowest BCUT2D eigenvalue weighted by Crippen LogP contribution is -2.33.